The van der Waals surface area contributed by atoms with Crippen LogP contribution in [0.1, 0.15) is 56.6 Å². The molecular weight excluding hydrogens is 452 g/mol. The normalized spacial score (nSPS) is 23.0. The number of hydrogen-bond donors (Lipinski definition) is 1. The molecule has 2 aromatic rings. The van der Waals surface area contributed by atoms with Gasteiger partial charge in [-0.3, -0.25) is 4.79 Å². The Hall–Kier alpha value is -2.93. The highest BCUT2D eigenvalue weighted by molar-refractivity contribution is 5.81. The number of ether oxygens (including phenoxy) is 1. The summed E-state index contributed by atoms with van der Waals surface area (Å²) in [5.41, 5.74) is 3.70. The second-order valence-electron chi connectivity index (χ2n) is 10.4. The fourth-order valence-electron chi connectivity index (χ4n) is 5.49. The first-order chi connectivity index (χ1) is 17.6. The van der Waals surface area contributed by atoms with Crippen LogP contribution in [0.25, 0.3) is 5.57 Å². The van der Waals surface area contributed by atoms with Gasteiger partial charge < -0.3 is 19.6 Å². The molecule has 0 radical (unpaired) electrons. The van der Waals surface area contributed by atoms with Gasteiger partial charge in [-0.1, -0.05) is 25.1 Å². The van der Waals surface area contributed by atoms with E-state index in [9.17, 15) is 9.90 Å². The molecule has 7 nitrogen and oxygen atoms in total. The molecule has 36 heavy (non-hydrogen) atoms. The highest BCUT2D eigenvalue weighted by atomic mass is 16.5. The third-order valence-corrected chi connectivity index (χ3v) is 7.94. The van der Waals surface area contributed by atoms with Crippen LogP contribution in [-0.4, -0.2) is 64.8 Å². The van der Waals surface area contributed by atoms with Crippen LogP contribution in [0.5, 0.6) is 5.75 Å². The number of carbonyl (C=O) groups is 1. The predicted molar refractivity (Wildman–Crippen MR) is 141 cm³/mol. The molecule has 192 valence electrons. The van der Waals surface area contributed by atoms with Gasteiger partial charge in [-0.15, -0.1) is 0 Å². The molecule has 3 heterocycles. The van der Waals surface area contributed by atoms with Crippen molar-refractivity contribution in [1.29, 1.82) is 0 Å². The maximum absolute atomic E-state index is 12.7. The van der Waals surface area contributed by atoms with E-state index in [-0.39, 0.29) is 17.9 Å². The Morgan fingerprint density at radius 1 is 1.06 bits per heavy atom. The number of aliphatic hydroxyl groups excluding tert-OH is 1. The number of nitrogens with zero attached hydrogens (tertiary/aromatic N) is 4. The topological polar surface area (TPSA) is 78.8 Å². The number of piperidine rings is 1. The van der Waals surface area contributed by atoms with E-state index in [0.29, 0.717) is 25.4 Å². The van der Waals surface area contributed by atoms with Gasteiger partial charge in [-0.05, 0) is 79.7 Å². The number of aryl methyl sites for hydroxylation is 1. The van der Waals surface area contributed by atoms with Crippen LogP contribution in [0, 0.1) is 11.8 Å². The van der Waals surface area contributed by atoms with Gasteiger partial charge in [0.2, 0.25) is 11.9 Å². The number of anilines is 1. The number of allylic oxidation sites excluding steroid dienone is 2. The highest BCUT2D eigenvalue weighted by Crippen LogP contribution is 2.33. The number of rotatable bonds is 7. The van der Waals surface area contributed by atoms with Gasteiger partial charge in [0.25, 0.3) is 0 Å². The zero-order valence-corrected chi connectivity index (χ0v) is 21.3. The van der Waals surface area contributed by atoms with Gasteiger partial charge in [-0.25, -0.2) is 9.97 Å². The minimum atomic E-state index is -0.352. The summed E-state index contributed by atoms with van der Waals surface area (Å²) in [5.74, 6) is 2.55. The molecule has 5 rings (SSSR count). The van der Waals surface area contributed by atoms with E-state index in [0.717, 1.165) is 69.9 Å². The van der Waals surface area contributed by atoms with Crippen LogP contribution < -0.4 is 9.64 Å². The number of likely N-dealkylation sites (tertiary alicyclic amines) is 1. The molecule has 0 spiro atoms. The summed E-state index contributed by atoms with van der Waals surface area (Å²) in [4.78, 5) is 25.9. The Bertz CT molecular complexity index is 1050. The number of hydrogen-bond acceptors (Lipinski definition) is 6. The quantitative estimate of drug-likeness (QED) is 0.629. The Kier molecular flexibility index (Phi) is 7.85. The zero-order chi connectivity index (χ0) is 24.9. The molecule has 1 aliphatic carbocycles. The molecule has 7 heteroatoms. The largest absolute Gasteiger partial charge is 0.493 e. The lowest BCUT2D eigenvalue weighted by Crippen LogP contribution is -2.36. The van der Waals surface area contributed by atoms with Crippen LogP contribution in [0.2, 0.25) is 0 Å². The summed E-state index contributed by atoms with van der Waals surface area (Å²) in [5, 5.41) is 9.72. The minimum absolute atomic E-state index is 0.0512. The summed E-state index contributed by atoms with van der Waals surface area (Å²) in [7, 11) is 0. The fourth-order valence-corrected chi connectivity index (χ4v) is 5.49. The van der Waals surface area contributed by atoms with E-state index in [1.54, 1.807) is 0 Å². The Balaban J connectivity index is 1.06. The molecule has 1 aromatic heterocycles. The molecule has 2 saturated heterocycles. The standard InChI is InChI=1S/C29H38N4O3/c1-2-21-17-30-29(31-18-21)32-14-11-22(12-15-32)20-36-27-9-7-24(8-10-27)23-3-5-25(6-4-23)28(35)33-16-13-26(34)19-33/h3,7-10,17-18,22,25-26,34H,2,4-6,11-16,19-20H2,1H3/t25?,26-/m0/s1. The highest BCUT2D eigenvalue weighted by Gasteiger charge is 2.31. The molecule has 1 unspecified atom stereocenters. The SMILES string of the molecule is CCc1cnc(N2CCC(COc3ccc(C4=CCC(C(=O)N5CC[C@H](O)C5)CC4)cc3)CC2)nc1. The fraction of sp³-hybridized carbons (Fsp3) is 0.552. The average Bonchev–Trinajstić information content (AvgIpc) is 3.38. The van der Waals surface area contributed by atoms with Gasteiger partial charge in [0.05, 0.1) is 12.7 Å². The van der Waals surface area contributed by atoms with Crippen LogP contribution in [0.3, 0.4) is 0 Å². The molecule has 1 aromatic carbocycles. The molecule has 0 saturated carbocycles. The van der Waals surface area contributed by atoms with Crippen molar-refractivity contribution < 1.29 is 14.6 Å². The van der Waals surface area contributed by atoms with E-state index in [4.69, 9.17) is 4.74 Å². The maximum atomic E-state index is 12.7. The predicted octanol–water partition coefficient (Wildman–Crippen LogP) is 4.11. The van der Waals surface area contributed by atoms with Crippen molar-refractivity contribution >= 4 is 17.4 Å². The third-order valence-electron chi connectivity index (χ3n) is 7.94. The minimum Gasteiger partial charge on any atom is -0.493 e. The third kappa shape index (κ3) is 5.89. The van der Waals surface area contributed by atoms with Crippen LogP contribution in [0.4, 0.5) is 5.95 Å². The van der Waals surface area contributed by atoms with Gasteiger partial charge in [0.1, 0.15) is 5.75 Å². The second-order valence-corrected chi connectivity index (χ2v) is 10.4. The number of benzene rings is 1. The van der Waals surface area contributed by atoms with E-state index in [1.807, 2.05) is 17.3 Å². The first kappa shape index (κ1) is 24.8. The van der Waals surface area contributed by atoms with Crippen molar-refractivity contribution in [2.24, 2.45) is 11.8 Å². The monoisotopic (exact) mass is 490 g/mol. The maximum Gasteiger partial charge on any atom is 0.226 e. The van der Waals surface area contributed by atoms with Crippen LogP contribution in [0.15, 0.2) is 42.7 Å². The summed E-state index contributed by atoms with van der Waals surface area (Å²) < 4.78 is 6.13. The number of carbonyl (C=O) groups excluding carboxylic acids is 1. The summed E-state index contributed by atoms with van der Waals surface area (Å²) in [6.07, 6.45) is 12.1. The summed E-state index contributed by atoms with van der Waals surface area (Å²) >= 11 is 0. The van der Waals surface area contributed by atoms with Crippen LogP contribution >= 0.6 is 0 Å². The van der Waals surface area contributed by atoms with E-state index in [1.165, 1.54) is 16.7 Å². The van der Waals surface area contributed by atoms with Crippen LogP contribution in [-0.2, 0) is 11.2 Å². The Labute approximate surface area is 214 Å². The second kappa shape index (κ2) is 11.4. The first-order valence-electron chi connectivity index (χ1n) is 13.5. The van der Waals surface area contributed by atoms with E-state index >= 15 is 0 Å². The molecular formula is C29H38N4O3. The molecule has 1 N–H and O–H groups in total. The number of amides is 1. The molecule has 2 fully saturated rings. The molecule has 2 aliphatic heterocycles. The van der Waals surface area contributed by atoms with Crippen molar-refractivity contribution in [3.63, 3.8) is 0 Å². The summed E-state index contributed by atoms with van der Waals surface area (Å²) in [6, 6.07) is 8.41. The van der Waals surface area contributed by atoms with Gasteiger partial charge >= 0.3 is 0 Å². The van der Waals surface area contributed by atoms with Crippen molar-refractivity contribution in [3.8, 4) is 5.75 Å². The van der Waals surface area contributed by atoms with Gasteiger partial charge in [0.15, 0.2) is 0 Å². The van der Waals surface area contributed by atoms with Crippen molar-refractivity contribution in [2.75, 3.05) is 37.7 Å². The lowest BCUT2D eigenvalue weighted by molar-refractivity contribution is -0.135. The molecule has 3 aliphatic rings. The Morgan fingerprint density at radius 3 is 2.42 bits per heavy atom. The smallest absolute Gasteiger partial charge is 0.226 e. The molecule has 1 amide bonds. The number of aliphatic hydroxyl groups is 1. The van der Waals surface area contributed by atoms with E-state index < -0.39 is 0 Å². The van der Waals surface area contributed by atoms with Crippen molar-refractivity contribution in [3.05, 3.63) is 53.9 Å². The molecule has 0 bridgehead atoms. The lowest BCUT2D eigenvalue weighted by Gasteiger charge is -2.31. The average molecular weight is 491 g/mol. The number of aromatic nitrogens is 2. The first-order valence-corrected chi connectivity index (χ1v) is 13.5. The van der Waals surface area contributed by atoms with Gasteiger partial charge in [0, 0.05) is 44.5 Å². The van der Waals surface area contributed by atoms with Crippen molar-refractivity contribution in [2.45, 2.75) is 58.0 Å². The lowest BCUT2D eigenvalue weighted by atomic mass is 9.86. The van der Waals surface area contributed by atoms with Crippen molar-refractivity contribution in [1.82, 2.24) is 14.9 Å². The number of β-amino-alcohol motifs (C(OH)–C–C–N with tert-alkyl or cyclic N) is 1. The summed E-state index contributed by atoms with van der Waals surface area (Å²) in [6.45, 7) is 5.97. The molecule has 2 atom stereocenters. The Morgan fingerprint density at radius 2 is 1.81 bits per heavy atom. The van der Waals surface area contributed by atoms with E-state index in [2.05, 4.69) is 52.1 Å². The van der Waals surface area contributed by atoms with Gasteiger partial charge in [-0.2, -0.15) is 0 Å². The zero-order valence-electron chi connectivity index (χ0n) is 21.3.